The minimum Gasteiger partial charge on any atom is -0.340 e. The fraction of sp³-hybridized carbons (Fsp3) is 0.345. The van der Waals surface area contributed by atoms with Crippen LogP contribution in [0.3, 0.4) is 0 Å². The smallest absolute Gasteiger partial charge is 0.153 e. The third-order valence-electron chi connectivity index (χ3n) is 7.31. The number of nitrogens with zero attached hydrogens (tertiary/aromatic N) is 3. The fourth-order valence-electron chi connectivity index (χ4n) is 5.00. The van der Waals surface area contributed by atoms with Crippen molar-refractivity contribution in [1.82, 2.24) is 19.9 Å². The Balaban J connectivity index is 1.63. The Labute approximate surface area is 201 Å². The van der Waals surface area contributed by atoms with Crippen LogP contribution in [-0.4, -0.2) is 19.9 Å². The van der Waals surface area contributed by atoms with Gasteiger partial charge in [-0.3, -0.25) is 0 Å². The molecule has 0 aliphatic heterocycles. The molecule has 0 radical (unpaired) electrons. The highest BCUT2D eigenvalue weighted by atomic mass is 15.0. The van der Waals surface area contributed by atoms with E-state index in [-0.39, 0.29) is 5.41 Å². The number of nitrogens with one attached hydrogen (secondary N) is 1. The largest absolute Gasteiger partial charge is 0.340 e. The molecule has 34 heavy (non-hydrogen) atoms. The molecule has 2 aromatic heterocycles. The van der Waals surface area contributed by atoms with Crippen molar-refractivity contribution in [2.75, 3.05) is 0 Å². The molecule has 0 saturated heterocycles. The van der Waals surface area contributed by atoms with Crippen molar-refractivity contribution in [3.05, 3.63) is 89.6 Å². The molecule has 1 saturated carbocycles. The summed E-state index contributed by atoms with van der Waals surface area (Å²) in [6, 6.07) is 20.5. The van der Waals surface area contributed by atoms with Gasteiger partial charge in [0.05, 0.1) is 22.6 Å². The third kappa shape index (κ3) is 4.16. The van der Waals surface area contributed by atoms with E-state index in [9.17, 15) is 0 Å². The number of aryl methyl sites for hydroxylation is 1. The number of hydrogen-bond acceptors (Lipinski definition) is 4. The van der Waals surface area contributed by atoms with Gasteiger partial charge in [0.25, 0.3) is 0 Å². The Hall–Kier alpha value is -3.31. The first-order valence-corrected chi connectivity index (χ1v) is 12.2. The average Bonchev–Trinajstić information content (AvgIpc) is 3.32. The minimum atomic E-state index is -0.806. The Bertz CT molecular complexity index is 1270. The van der Waals surface area contributed by atoms with Crippen molar-refractivity contribution in [2.24, 2.45) is 5.73 Å². The summed E-state index contributed by atoms with van der Waals surface area (Å²) >= 11 is 0. The van der Waals surface area contributed by atoms with E-state index in [0.29, 0.717) is 5.82 Å². The molecule has 2 heterocycles. The zero-order chi connectivity index (χ0) is 23.8. The Morgan fingerprint density at radius 3 is 2.32 bits per heavy atom. The van der Waals surface area contributed by atoms with Crippen LogP contribution in [0.1, 0.15) is 68.7 Å². The molecule has 1 atom stereocenters. The van der Waals surface area contributed by atoms with Gasteiger partial charge >= 0.3 is 0 Å². The van der Waals surface area contributed by atoms with E-state index in [1.165, 1.54) is 24.8 Å². The number of nitrogens with two attached hydrogens (primary N) is 1. The molecular formula is C29H33N5. The number of imidazole rings is 1. The van der Waals surface area contributed by atoms with Crippen molar-refractivity contribution >= 4 is 0 Å². The van der Waals surface area contributed by atoms with Crippen LogP contribution in [0.15, 0.2) is 66.9 Å². The van der Waals surface area contributed by atoms with Gasteiger partial charge in [-0.2, -0.15) is 0 Å². The average molecular weight is 452 g/mol. The van der Waals surface area contributed by atoms with Gasteiger partial charge in [0.2, 0.25) is 0 Å². The predicted octanol–water partition coefficient (Wildman–Crippen LogP) is 6.29. The SMILES string of the molecule is Cc1ccc(-c2nc(C3(C)CCCCC3)[nH]c2-c2ccnc([C@@](C)(N)c3ccccc3)n2)cc1. The van der Waals surface area contributed by atoms with E-state index < -0.39 is 5.54 Å². The molecule has 0 unspecified atom stereocenters. The van der Waals surface area contributed by atoms with Crippen molar-refractivity contribution in [3.63, 3.8) is 0 Å². The van der Waals surface area contributed by atoms with Crippen LogP contribution in [0.5, 0.6) is 0 Å². The van der Waals surface area contributed by atoms with E-state index in [0.717, 1.165) is 46.9 Å². The topological polar surface area (TPSA) is 80.5 Å². The first-order chi connectivity index (χ1) is 16.4. The zero-order valence-corrected chi connectivity index (χ0v) is 20.3. The van der Waals surface area contributed by atoms with Crippen molar-refractivity contribution in [2.45, 2.75) is 63.8 Å². The maximum atomic E-state index is 6.76. The van der Waals surface area contributed by atoms with Crippen LogP contribution in [0, 0.1) is 6.92 Å². The first kappa shape index (κ1) is 22.5. The van der Waals surface area contributed by atoms with E-state index in [1.807, 2.05) is 43.3 Å². The highest BCUT2D eigenvalue weighted by Gasteiger charge is 2.34. The number of hydrogen-bond donors (Lipinski definition) is 2. The van der Waals surface area contributed by atoms with E-state index >= 15 is 0 Å². The summed E-state index contributed by atoms with van der Waals surface area (Å²) in [4.78, 5) is 18.4. The second-order valence-corrected chi connectivity index (χ2v) is 10.1. The lowest BCUT2D eigenvalue weighted by Gasteiger charge is -2.31. The van der Waals surface area contributed by atoms with Gasteiger partial charge in [0.15, 0.2) is 5.82 Å². The van der Waals surface area contributed by atoms with Gasteiger partial charge in [0.1, 0.15) is 5.82 Å². The molecule has 1 aliphatic rings. The lowest BCUT2D eigenvalue weighted by atomic mass is 9.75. The number of rotatable bonds is 5. The molecule has 0 spiro atoms. The van der Waals surface area contributed by atoms with Gasteiger partial charge in [0, 0.05) is 17.2 Å². The highest BCUT2D eigenvalue weighted by Crippen LogP contribution is 2.40. The summed E-state index contributed by atoms with van der Waals surface area (Å²) in [5.74, 6) is 1.64. The number of aromatic amines is 1. The van der Waals surface area contributed by atoms with E-state index in [1.54, 1.807) is 6.20 Å². The monoisotopic (exact) mass is 451 g/mol. The molecule has 4 aromatic rings. The van der Waals surface area contributed by atoms with Crippen LogP contribution in [0.2, 0.25) is 0 Å². The van der Waals surface area contributed by atoms with Crippen LogP contribution >= 0.6 is 0 Å². The Kier molecular flexibility index (Phi) is 5.82. The van der Waals surface area contributed by atoms with Gasteiger partial charge in [-0.1, -0.05) is 86.3 Å². The summed E-state index contributed by atoms with van der Waals surface area (Å²) in [6.07, 6.45) is 7.89. The maximum absolute atomic E-state index is 6.76. The van der Waals surface area contributed by atoms with Gasteiger partial charge in [-0.15, -0.1) is 0 Å². The van der Waals surface area contributed by atoms with Crippen LogP contribution in [0.4, 0.5) is 0 Å². The molecule has 0 bridgehead atoms. The molecule has 0 amide bonds. The molecule has 5 nitrogen and oxygen atoms in total. The standard InChI is InChI=1S/C29H33N5/c1-20-12-14-21(15-13-20)24-25(34-26(33-24)28(2)17-8-5-9-18-28)23-16-19-31-27(32-23)29(3,30)22-10-6-4-7-11-22/h4,6-7,10-16,19H,5,8-9,17-18,30H2,1-3H3,(H,33,34)/t29-/m0/s1. The molecule has 174 valence electrons. The summed E-state index contributed by atoms with van der Waals surface area (Å²) in [6.45, 7) is 6.40. The molecule has 5 heteroatoms. The summed E-state index contributed by atoms with van der Waals surface area (Å²) in [5.41, 5.74) is 12.0. The Morgan fingerprint density at radius 1 is 0.912 bits per heavy atom. The van der Waals surface area contributed by atoms with Crippen LogP contribution < -0.4 is 5.73 Å². The van der Waals surface area contributed by atoms with Crippen LogP contribution in [-0.2, 0) is 11.0 Å². The maximum Gasteiger partial charge on any atom is 0.153 e. The van der Waals surface area contributed by atoms with Crippen molar-refractivity contribution < 1.29 is 0 Å². The van der Waals surface area contributed by atoms with Gasteiger partial charge in [-0.25, -0.2) is 15.0 Å². The summed E-state index contributed by atoms with van der Waals surface area (Å²) in [5, 5.41) is 0. The first-order valence-electron chi connectivity index (χ1n) is 12.2. The predicted molar refractivity (Wildman–Crippen MR) is 137 cm³/mol. The van der Waals surface area contributed by atoms with Crippen LogP contribution in [0.25, 0.3) is 22.6 Å². The third-order valence-corrected chi connectivity index (χ3v) is 7.31. The number of aromatic nitrogens is 4. The van der Waals surface area contributed by atoms with Gasteiger partial charge < -0.3 is 10.7 Å². The van der Waals surface area contributed by atoms with E-state index in [4.69, 9.17) is 15.7 Å². The summed E-state index contributed by atoms with van der Waals surface area (Å²) in [7, 11) is 0. The number of benzene rings is 2. The lowest BCUT2D eigenvalue weighted by Crippen LogP contribution is -2.36. The zero-order valence-electron chi connectivity index (χ0n) is 20.3. The van der Waals surface area contributed by atoms with Gasteiger partial charge in [-0.05, 0) is 38.3 Å². The molecule has 1 fully saturated rings. The normalized spacial score (nSPS) is 17.3. The molecule has 2 aromatic carbocycles. The second kappa shape index (κ2) is 8.80. The van der Waals surface area contributed by atoms with E-state index in [2.05, 4.69) is 48.1 Å². The Morgan fingerprint density at radius 2 is 1.62 bits per heavy atom. The number of H-pyrrole nitrogens is 1. The fourth-order valence-corrected chi connectivity index (χ4v) is 5.00. The van der Waals surface area contributed by atoms with Crippen molar-refractivity contribution in [3.8, 4) is 22.6 Å². The van der Waals surface area contributed by atoms with Crippen molar-refractivity contribution in [1.29, 1.82) is 0 Å². The summed E-state index contributed by atoms with van der Waals surface area (Å²) < 4.78 is 0. The lowest BCUT2D eigenvalue weighted by molar-refractivity contribution is 0.306. The molecular weight excluding hydrogens is 418 g/mol. The highest BCUT2D eigenvalue weighted by molar-refractivity contribution is 5.77. The minimum absolute atomic E-state index is 0.0538. The molecule has 3 N–H and O–H groups in total. The molecule has 1 aliphatic carbocycles. The quantitative estimate of drug-likeness (QED) is 0.374. The molecule has 5 rings (SSSR count). The second-order valence-electron chi connectivity index (χ2n) is 10.1.